The largest absolute Gasteiger partial charge is 0.445 e. The van der Waals surface area contributed by atoms with Crippen molar-refractivity contribution in [3.05, 3.63) is 154 Å². The maximum atomic E-state index is 13.5. The zero-order chi connectivity index (χ0) is 66.6. The van der Waals surface area contributed by atoms with Gasteiger partial charge in [-0.15, -0.1) is 0 Å². The summed E-state index contributed by atoms with van der Waals surface area (Å²) in [5.41, 5.74) is 15.3. The number of likely N-dealkylation sites (N-methyl/N-ethyl adjacent to an activating group) is 2. The number of nitrogens with zero attached hydrogens (tertiary/aromatic N) is 6. The Bertz CT molecular complexity index is 3450. The van der Waals surface area contributed by atoms with Crippen LogP contribution >= 0.6 is 0 Å². The second-order valence-electron chi connectivity index (χ2n) is 26.6. The predicted molar refractivity (Wildman–Crippen MR) is 361 cm³/mol. The van der Waals surface area contributed by atoms with Crippen LogP contribution in [0.1, 0.15) is 128 Å². The predicted octanol–water partition coefficient (Wildman–Crippen LogP) is 7.73. The van der Waals surface area contributed by atoms with Gasteiger partial charge >= 0.3 is 18.2 Å². The van der Waals surface area contributed by atoms with Gasteiger partial charge in [0.1, 0.15) is 24.6 Å². The van der Waals surface area contributed by atoms with Crippen molar-refractivity contribution >= 4 is 58.9 Å². The number of urea groups is 1. The summed E-state index contributed by atoms with van der Waals surface area (Å²) in [7, 11) is 3.23. The number of aliphatic hydroxyl groups is 1. The maximum absolute atomic E-state index is 13.5. The number of nitrogens with one attached hydrogen (secondary N) is 5. The standard InChI is InChI=1S/C72H94N12O10/c1-46(2)65(75-47(3)4)68(88)77-61(13-10-32-74-70(73)90)66(86)76-54-19-14-49(15-20-54)45-93-71(91)79(5)35-36-80(6)72(92)94-57-24-27-59-52(42-57)18-25-58(50-11-8-7-9-12-50)64(59)51-16-21-55(22-17-51)82-33-30-48(31-34-82)43-81-37-39-83(40-38-81)56-23-26-60-53(41-56)44-84(69(60)89)62-28-29-63(85)78-67(62)87/h7-9,11-12,14-17,19-24,26-27,41-42,46-48,58,61-62,64-65,67,75,87H,10,13,18,25,28-40,43-45H2,1-6H3,(H,76,86)(H,77,88)(H,78,85)(H3,73,74,90)/t58-,61+,62+,64+,65+,67?/m1/s1. The molecule has 5 aliphatic rings. The van der Waals surface area contributed by atoms with E-state index in [2.05, 4.69) is 114 Å². The molecule has 0 radical (unpaired) electrons. The van der Waals surface area contributed by atoms with E-state index < -0.39 is 48.5 Å². The second-order valence-corrected chi connectivity index (χ2v) is 26.6. The quantitative estimate of drug-likeness (QED) is 0.0292. The molecule has 0 saturated carbocycles. The van der Waals surface area contributed by atoms with E-state index in [0.29, 0.717) is 54.3 Å². The van der Waals surface area contributed by atoms with Crippen molar-refractivity contribution in [2.45, 2.75) is 134 Å². The van der Waals surface area contributed by atoms with E-state index in [9.17, 15) is 38.7 Å². The van der Waals surface area contributed by atoms with Crippen LogP contribution in [0, 0.1) is 11.8 Å². The van der Waals surface area contributed by atoms with Gasteiger partial charge < -0.3 is 71.4 Å². The Morgan fingerprint density at radius 2 is 1.41 bits per heavy atom. The molecular formula is C72H94N12O10. The van der Waals surface area contributed by atoms with E-state index in [4.69, 9.17) is 15.2 Å². The first-order valence-corrected chi connectivity index (χ1v) is 33.5. The van der Waals surface area contributed by atoms with Crippen molar-refractivity contribution < 1.29 is 48.1 Å². The minimum absolute atomic E-state index is 0.0323. The fourth-order valence-corrected chi connectivity index (χ4v) is 13.9. The average Bonchev–Trinajstić information content (AvgIpc) is 1.23. The molecule has 5 aromatic carbocycles. The van der Waals surface area contributed by atoms with Crippen molar-refractivity contribution in [3.8, 4) is 5.75 Å². The number of hydrogen-bond donors (Lipinski definition) is 7. The molecule has 94 heavy (non-hydrogen) atoms. The molecule has 4 aliphatic heterocycles. The van der Waals surface area contributed by atoms with E-state index in [-0.39, 0.29) is 74.2 Å². The molecule has 10 rings (SSSR count). The summed E-state index contributed by atoms with van der Waals surface area (Å²) < 4.78 is 11.6. The van der Waals surface area contributed by atoms with Gasteiger partial charge in [-0.3, -0.25) is 24.1 Å². The first-order chi connectivity index (χ1) is 45.2. The van der Waals surface area contributed by atoms with Crippen LogP contribution < -0.4 is 46.9 Å². The summed E-state index contributed by atoms with van der Waals surface area (Å²) in [6, 6.07) is 36.4. The van der Waals surface area contributed by atoms with Crippen LogP contribution in [0.4, 0.5) is 31.4 Å². The summed E-state index contributed by atoms with van der Waals surface area (Å²) in [5.74, 6) is 0.409. The van der Waals surface area contributed by atoms with Gasteiger partial charge in [-0.05, 0) is 151 Å². The van der Waals surface area contributed by atoms with E-state index in [1.807, 2.05) is 45.9 Å². The Labute approximate surface area is 552 Å². The topological polar surface area (TPSA) is 264 Å². The first kappa shape index (κ1) is 68.1. The van der Waals surface area contributed by atoms with Crippen molar-refractivity contribution in [1.29, 1.82) is 0 Å². The molecule has 4 heterocycles. The Morgan fingerprint density at radius 3 is 2.10 bits per heavy atom. The second kappa shape index (κ2) is 31.5. The van der Waals surface area contributed by atoms with Gasteiger partial charge in [-0.25, -0.2) is 14.4 Å². The molecule has 1 aliphatic carbocycles. The fraction of sp³-hybridized carbons (Fsp3) is 0.486. The molecule has 3 saturated heterocycles. The van der Waals surface area contributed by atoms with Gasteiger partial charge in [-0.2, -0.15) is 0 Å². The number of aliphatic hydroxyl groups excluding tert-OH is 1. The molecular weight excluding hydrogens is 1190 g/mol. The molecule has 8 N–H and O–H groups in total. The number of primary amides is 1. The number of carbonyl (C=O) groups excluding carboxylic acids is 7. The van der Waals surface area contributed by atoms with Crippen LogP contribution in [-0.4, -0.2) is 176 Å². The van der Waals surface area contributed by atoms with Gasteiger partial charge in [0.05, 0.1) is 12.1 Å². The molecule has 0 bridgehead atoms. The van der Waals surface area contributed by atoms with Crippen LogP contribution in [0.5, 0.6) is 5.75 Å². The van der Waals surface area contributed by atoms with Crippen molar-refractivity contribution in [1.82, 2.24) is 40.9 Å². The van der Waals surface area contributed by atoms with Crippen LogP contribution in [0.15, 0.2) is 115 Å². The normalized spacial score (nSPS) is 19.8. The summed E-state index contributed by atoms with van der Waals surface area (Å²) in [4.78, 5) is 102. The summed E-state index contributed by atoms with van der Waals surface area (Å²) in [6.45, 7) is 15.7. The SMILES string of the molecule is CC(C)N[C@H](C(=O)N[C@@H](CCCNC(N)=O)C(=O)Nc1ccc(COC(=O)N(C)CCN(C)C(=O)Oc2ccc3c(c2)CC[C@H](c2ccccc2)[C@@H]3c2ccc(N3CCC(CN4CCN(c5ccc6c(c5)CN([C@H]5CCC(=O)NC5O)C6=O)CC4)CC3)cc2)cc1)C(C)C. The smallest absolute Gasteiger partial charge is 0.415 e. The lowest BCUT2D eigenvalue weighted by molar-refractivity contribution is -0.129. The lowest BCUT2D eigenvalue weighted by Gasteiger charge is -2.40. The van der Waals surface area contributed by atoms with E-state index in [1.54, 1.807) is 43.3 Å². The number of carbonyl (C=O) groups is 7. The number of fused-ring (bicyclic) bond motifs is 2. The molecule has 6 atom stereocenters. The molecule has 0 aromatic heterocycles. The minimum Gasteiger partial charge on any atom is -0.445 e. The number of piperidine rings is 2. The highest BCUT2D eigenvalue weighted by Gasteiger charge is 2.40. The number of amides is 8. The van der Waals surface area contributed by atoms with E-state index in [0.717, 1.165) is 88.3 Å². The lowest BCUT2D eigenvalue weighted by Crippen LogP contribution is -2.55. The van der Waals surface area contributed by atoms with E-state index >= 15 is 0 Å². The zero-order valence-corrected chi connectivity index (χ0v) is 55.2. The third-order valence-corrected chi connectivity index (χ3v) is 19.2. The van der Waals surface area contributed by atoms with Gasteiger partial charge in [0.15, 0.2) is 0 Å². The Morgan fingerprint density at radius 1 is 0.723 bits per heavy atom. The highest BCUT2D eigenvalue weighted by atomic mass is 16.6. The number of benzene rings is 5. The van der Waals surface area contributed by atoms with Gasteiger partial charge in [0.25, 0.3) is 5.91 Å². The number of ether oxygens (including phenoxy) is 2. The molecule has 22 nitrogen and oxygen atoms in total. The molecule has 3 fully saturated rings. The molecule has 8 amide bonds. The monoisotopic (exact) mass is 1290 g/mol. The van der Waals surface area contributed by atoms with Crippen LogP contribution in [0.25, 0.3) is 0 Å². The summed E-state index contributed by atoms with van der Waals surface area (Å²) in [5, 5.41) is 24.7. The molecule has 1 unspecified atom stereocenters. The number of anilines is 3. The Hall–Kier alpha value is -8.73. The minimum atomic E-state index is -1.05. The van der Waals surface area contributed by atoms with Gasteiger partial charge in [-0.1, -0.05) is 88.4 Å². The first-order valence-electron chi connectivity index (χ1n) is 33.5. The van der Waals surface area contributed by atoms with Crippen LogP contribution in [0.3, 0.4) is 0 Å². The van der Waals surface area contributed by atoms with Crippen LogP contribution in [-0.2, 0) is 38.7 Å². The van der Waals surface area contributed by atoms with E-state index in [1.165, 1.54) is 32.2 Å². The highest BCUT2D eigenvalue weighted by molar-refractivity contribution is 5.99. The summed E-state index contributed by atoms with van der Waals surface area (Å²) >= 11 is 0. The lowest BCUT2D eigenvalue weighted by atomic mass is 9.69. The number of hydrogen-bond acceptors (Lipinski definition) is 14. The van der Waals surface area contributed by atoms with Crippen molar-refractivity contribution in [2.75, 3.05) is 94.7 Å². The number of nitrogens with two attached hydrogens (primary N) is 1. The van der Waals surface area contributed by atoms with Crippen molar-refractivity contribution in [3.63, 3.8) is 0 Å². The molecule has 502 valence electrons. The van der Waals surface area contributed by atoms with Crippen LogP contribution in [0.2, 0.25) is 0 Å². The fourth-order valence-electron chi connectivity index (χ4n) is 13.9. The van der Waals surface area contributed by atoms with Crippen molar-refractivity contribution in [2.24, 2.45) is 17.6 Å². The molecule has 0 spiro atoms. The summed E-state index contributed by atoms with van der Waals surface area (Å²) in [6.07, 6.45) is 3.25. The maximum Gasteiger partial charge on any atom is 0.415 e. The Kier molecular flexibility index (Phi) is 22.8. The average molecular weight is 1290 g/mol. The highest BCUT2D eigenvalue weighted by Crippen LogP contribution is 2.47. The number of aryl methyl sites for hydroxylation is 1. The van der Waals surface area contributed by atoms with Gasteiger partial charge in [0, 0.05) is 127 Å². The third-order valence-electron chi connectivity index (χ3n) is 19.2. The van der Waals surface area contributed by atoms with Gasteiger partial charge in [0.2, 0.25) is 17.7 Å². The zero-order valence-electron chi connectivity index (χ0n) is 55.2. The Balaban J connectivity index is 0.670. The molecule has 5 aromatic rings. The number of rotatable bonds is 24. The molecule has 22 heteroatoms. The third kappa shape index (κ3) is 17.3. The number of piperazine rings is 1.